The molecule has 2 heterocycles. The van der Waals surface area contributed by atoms with Gasteiger partial charge in [-0.1, -0.05) is 35.5 Å². The van der Waals surface area contributed by atoms with Crippen LogP contribution in [0.4, 0.5) is 10.8 Å². The molecule has 2 aromatic carbocycles. The second-order valence-electron chi connectivity index (χ2n) is 6.75. The van der Waals surface area contributed by atoms with Gasteiger partial charge in [0.2, 0.25) is 17.6 Å². The predicted molar refractivity (Wildman–Crippen MR) is 121 cm³/mol. The average molecular weight is 470 g/mol. The number of rotatable bonds is 9. The molecule has 0 aliphatic carbocycles. The minimum Gasteiger partial charge on any atom is -0.339 e. The van der Waals surface area contributed by atoms with E-state index in [0.29, 0.717) is 35.4 Å². The summed E-state index contributed by atoms with van der Waals surface area (Å²) in [5.74, 6) is 0.799. The molecule has 0 bridgehead atoms. The summed E-state index contributed by atoms with van der Waals surface area (Å²) in [4.78, 5) is 20.5. The van der Waals surface area contributed by atoms with E-state index in [0.717, 1.165) is 5.56 Å². The molecule has 4 aromatic rings. The number of nitrogens with zero attached hydrogens (tertiary/aromatic N) is 3. The van der Waals surface area contributed by atoms with Crippen LogP contribution < -0.4 is 10.0 Å². The summed E-state index contributed by atoms with van der Waals surface area (Å²) in [6.45, 7) is 0. The maximum absolute atomic E-state index is 12.3. The Bertz CT molecular complexity index is 1270. The van der Waals surface area contributed by atoms with Crippen LogP contribution in [-0.2, 0) is 21.2 Å². The van der Waals surface area contributed by atoms with Crippen molar-refractivity contribution in [2.75, 3.05) is 10.0 Å². The first kappa shape index (κ1) is 21.7. The Kier molecular flexibility index (Phi) is 6.57. The summed E-state index contributed by atoms with van der Waals surface area (Å²) < 4.78 is 32.3. The molecule has 9 nitrogen and oxygen atoms in total. The molecule has 0 saturated heterocycles. The molecule has 4 rings (SSSR count). The quantitative estimate of drug-likeness (QED) is 0.380. The number of anilines is 2. The Morgan fingerprint density at radius 1 is 1.06 bits per heavy atom. The molecule has 11 heteroatoms. The van der Waals surface area contributed by atoms with Crippen molar-refractivity contribution in [3.63, 3.8) is 0 Å². The highest BCUT2D eigenvalue weighted by molar-refractivity contribution is 7.93. The van der Waals surface area contributed by atoms with Gasteiger partial charge < -0.3 is 9.84 Å². The van der Waals surface area contributed by atoms with Gasteiger partial charge in [-0.05, 0) is 30.7 Å². The first-order chi connectivity index (χ1) is 15.5. The zero-order chi connectivity index (χ0) is 22.4. The van der Waals surface area contributed by atoms with E-state index in [9.17, 15) is 13.2 Å². The van der Waals surface area contributed by atoms with Crippen molar-refractivity contribution in [3.8, 4) is 11.4 Å². The van der Waals surface area contributed by atoms with Crippen molar-refractivity contribution < 1.29 is 17.7 Å². The number of amides is 1. The van der Waals surface area contributed by atoms with Crippen LogP contribution in [0.5, 0.6) is 0 Å². The normalized spacial score (nSPS) is 11.2. The molecular weight excluding hydrogens is 450 g/mol. The lowest BCUT2D eigenvalue weighted by Gasteiger charge is -2.08. The van der Waals surface area contributed by atoms with E-state index in [1.54, 1.807) is 17.5 Å². The Balaban J connectivity index is 1.26. The first-order valence-electron chi connectivity index (χ1n) is 9.70. The summed E-state index contributed by atoms with van der Waals surface area (Å²) in [5, 5.41) is 8.68. The van der Waals surface area contributed by atoms with Crippen molar-refractivity contribution in [3.05, 3.63) is 72.1 Å². The SMILES string of the molecule is O=C(CCCc1nc(-c2ccccc2)no1)Nc1ccc(S(=O)(=O)Nc2nccs2)cc1. The van der Waals surface area contributed by atoms with Crippen LogP contribution in [0.1, 0.15) is 18.7 Å². The highest BCUT2D eigenvalue weighted by Crippen LogP contribution is 2.20. The largest absolute Gasteiger partial charge is 0.339 e. The Labute approximate surface area is 188 Å². The highest BCUT2D eigenvalue weighted by Gasteiger charge is 2.15. The number of aromatic nitrogens is 3. The summed E-state index contributed by atoms with van der Waals surface area (Å²) in [7, 11) is -3.73. The fourth-order valence-electron chi connectivity index (χ4n) is 2.85. The third-order valence-corrected chi connectivity index (χ3v) is 6.57. The fraction of sp³-hybridized carbons (Fsp3) is 0.143. The molecule has 1 amide bonds. The second kappa shape index (κ2) is 9.71. The second-order valence-corrected chi connectivity index (χ2v) is 9.32. The van der Waals surface area contributed by atoms with Gasteiger partial charge >= 0.3 is 0 Å². The number of benzene rings is 2. The average Bonchev–Trinajstić information content (AvgIpc) is 3.47. The van der Waals surface area contributed by atoms with Crippen LogP contribution in [0, 0.1) is 0 Å². The lowest BCUT2D eigenvalue weighted by molar-refractivity contribution is -0.116. The molecule has 32 heavy (non-hydrogen) atoms. The predicted octanol–water partition coefficient (Wildman–Crippen LogP) is 3.96. The van der Waals surface area contributed by atoms with Crippen LogP contribution >= 0.6 is 11.3 Å². The van der Waals surface area contributed by atoms with Gasteiger partial charge in [0.1, 0.15) is 0 Å². The molecule has 0 aliphatic heterocycles. The number of aryl methyl sites for hydroxylation is 1. The fourth-order valence-corrected chi connectivity index (χ4v) is 4.64. The van der Waals surface area contributed by atoms with E-state index in [-0.39, 0.29) is 17.2 Å². The number of hydrogen-bond donors (Lipinski definition) is 2. The molecule has 0 aliphatic rings. The van der Waals surface area contributed by atoms with E-state index in [4.69, 9.17) is 4.52 Å². The van der Waals surface area contributed by atoms with Crippen LogP contribution in [0.3, 0.4) is 0 Å². The Morgan fingerprint density at radius 2 is 1.84 bits per heavy atom. The van der Waals surface area contributed by atoms with E-state index < -0.39 is 10.0 Å². The van der Waals surface area contributed by atoms with Gasteiger partial charge in [0, 0.05) is 35.7 Å². The molecule has 0 unspecified atom stereocenters. The van der Waals surface area contributed by atoms with Crippen molar-refractivity contribution in [1.82, 2.24) is 15.1 Å². The zero-order valence-corrected chi connectivity index (χ0v) is 18.4. The monoisotopic (exact) mass is 469 g/mol. The molecular formula is C21H19N5O4S2. The van der Waals surface area contributed by atoms with Gasteiger partial charge in [0.25, 0.3) is 10.0 Å². The Hall–Kier alpha value is -3.57. The van der Waals surface area contributed by atoms with Crippen LogP contribution in [0.15, 0.2) is 75.6 Å². The van der Waals surface area contributed by atoms with E-state index in [1.165, 1.54) is 29.7 Å². The topological polar surface area (TPSA) is 127 Å². The van der Waals surface area contributed by atoms with Crippen molar-refractivity contribution in [1.29, 1.82) is 0 Å². The number of thiazole rings is 1. The Morgan fingerprint density at radius 3 is 2.56 bits per heavy atom. The van der Waals surface area contributed by atoms with Crippen molar-refractivity contribution in [2.45, 2.75) is 24.2 Å². The molecule has 0 spiro atoms. The maximum Gasteiger partial charge on any atom is 0.263 e. The van der Waals surface area contributed by atoms with Crippen LogP contribution in [0.25, 0.3) is 11.4 Å². The van der Waals surface area contributed by atoms with Crippen LogP contribution in [-0.4, -0.2) is 29.4 Å². The smallest absolute Gasteiger partial charge is 0.263 e. The van der Waals surface area contributed by atoms with Crippen LogP contribution in [0.2, 0.25) is 0 Å². The van der Waals surface area contributed by atoms with Gasteiger partial charge in [-0.15, -0.1) is 11.3 Å². The zero-order valence-electron chi connectivity index (χ0n) is 16.8. The lowest BCUT2D eigenvalue weighted by atomic mass is 10.2. The lowest BCUT2D eigenvalue weighted by Crippen LogP contribution is -2.14. The van der Waals surface area contributed by atoms with Crippen molar-refractivity contribution >= 4 is 38.1 Å². The number of sulfonamides is 1. The van der Waals surface area contributed by atoms with Gasteiger partial charge in [-0.25, -0.2) is 13.4 Å². The minimum absolute atomic E-state index is 0.0799. The third kappa shape index (κ3) is 5.56. The van der Waals surface area contributed by atoms with Gasteiger partial charge in [-0.2, -0.15) is 4.98 Å². The molecule has 0 radical (unpaired) electrons. The van der Waals surface area contributed by atoms with Gasteiger partial charge in [-0.3, -0.25) is 9.52 Å². The number of nitrogens with one attached hydrogen (secondary N) is 2. The van der Waals surface area contributed by atoms with E-state index >= 15 is 0 Å². The van der Waals surface area contributed by atoms with Gasteiger partial charge in [0.15, 0.2) is 5.13 Å². The number of hydrogen-bond acceptors (Lipinski definition) is 8. The summed E-state index contributed by atoms with van der Waals surface area (Å²) in [6.07, 6.45) is 2.79. The third-order valence-electron chi connectivity index (χ3n) is 4.40. The summed E-state index contributed by atoms with van der Waals surface area (Å²) in [5.41, 5.74) is 1.37. The molecule has 2 aromatic heterocycles. The molecule has 0 fully saturated rings. The first-order valence-corrected chi connectivity index (χ1v) is 12.1. The van der Waals surface area contributed by atoms with E-state index in [1.807, 2.05) is 30.3 Å². The van der Waals surface area contributed by atoms with Gasteiger partial charge in [0.05, 0.1) is 4.90 Å². The summed E-state index contributed by atoms with van der Waals surface area (Å²) in [6, 6.07) is 15.4. The number of carbonyl (C=O) groups excluding carboxylic acids is 1. The molecule has 0 saturated carbocycles. The van der Waals surface area contributed by atoms with Crippen molar-refractivity contribution in [2.24, 2.45) is 0 Å². The number of carbonyl (C=O) groups is 1. The van der Waals surface area contributed by atoms with E-state index in [2.05, 4.69) is 25.2 Å². The molecule has 2 N–H and O–H groups in total. The highest BCUT2D eigenvalue weighted by atomic mass is 32.2. The molecule has 164 valence electrons. The minimum atomic E-state index is -3.73. The standard InChI is InChI=1S/C21H19N5O4S2/c27-18(7-4-8-19-24-20(25-30-19)15-5-2-1-3-6-15)23-16-9-11-17(12-10-16)32(28,29)26-21-22-13-14-31-21/h1-3,5-6,9-14H,4,7-8H2,(H,22,26)(H,23,27). The molecule has 0 atom stereocenters. The summed E-state index contributed by atoms with van der Waals surface area (Å²) >= 11 is 1.19. The maximum atomic E-state index is 12.3.